The molecule has 0 bridgehead atoms. The number of fused-ring (bicyclic) bond motifs is 1. The Labute approximate surface area is 196 Å². The Kier molecular flexibility index (Phi) is 6.64. The zero-order chi connectivity index (χ0) is 23.8. The summed E-state index contributed by atoms with van der Waals surface area (Å²) in [7, 11) is -3.61. The Morgan fingerprint density at radius 2 is 1.73 bits per heavy atom. The monoisotopic (exact) mass is 467 g/mol. The fraction of sp³-hybridized carbons (Fsp3) is 0.423. The van der Waals surface area contributed by atoms with Crippen LogP contribution in [-0.4, -0.2) is 54.7 Å². The van der Waals surface area contributed by atoms with Crippen LogP contribution in [0.4, 0.5) is 0 Å². The highest BCUT2D eigenvalue weighted by molar-refractivity contribution is 7.89. The van der Waals surface area contributed by atoms with E-state index in [9.17, 15) is 13.2 Å². The minimum Gasteiger partial charge on any atom is -0.358 e. The van der Waals surface area contributed by atoms with Gasteiger partial charge in [0.15, 0.2) is 0 Å². The van der Waals surface area contributed by atoms with Crippen LogP contribution in [0.1, 0.15) is 59.8 Å². The molecule has 1 aromatic heterocycles. The number of likely N-dealkylation sites (tertiary alicyclic amines) is 1. The number of H-pyrrole nitrogens is 1. The second-order valence-electron chi connectivity index (χ2n) is 8.84. The molecule has 3 aromatic rings. The van der Waals surface area contributed by atoms with Crippen molar-refractivity contribution >= 4 is 26.8 Å². The van der Waals surface area contributed by atoms with Crippen LogP contribution >= 0.6 is 0 Å². The highest BCUT2D eigenvalue weighted by atomic mass is 32.2. The Balaban J connectivity index is 1.54. The van der Waals surface area contributed by atoms with Gasteiger partial charge in [0.2, 0.25) is 10.0 Å². The fourth-order valence-electron chi connectivity index (χ4n) is 5.07. The van der Waals surface area contributed by atoms with Gasteiger partial charge in [0, 0.05) is 48.3 Å². The number of amides is 1. The van der Waals surface area contributed by atoms with E-state index < -0.39 is 10.0 Å². The highest BCUT2D eigenvalue weighted by Gasteiger charge is 2.29. The maximum Gasteiger partial charge on any atom is 0.254 e. The molecule has 1 N–H and O–H groups in total. The molecule has 33 heavy (non-hydrogen) atoms. The molecular weight excluding hydrogens is 434 g/mol. The Hall–Kier alpha value is -2.64. The van der Waals surface area contributed by atoms with Gasteiger partial charge in [-0.05, 0) is 61.9 Å². The van der Waals surface area contributed by atoms with Crippen molar-refractivity contribution in [2.45, 2.75) is 51.3 Å². The van der Waals surface area contributed by atoms with Gasteiger partial charge in [0.25, 0.3) is 5.91 Å². The third-order valence-corrected chi connectivity index (χ3v) is 8.96. The molecule has 1 saturated heterocycles. The van der Waals surface area contributed by atoms with Crippen LogP contribution in [0, 0.1) is 13.8 Å². The lowest BCUT2D eigenvalue weighted by molar-refractivity contribution is 0.0712. The molecule has 0 aliphatic carbocycles. The van der Waals surface area contributed by atoms with E-state index >= 15 is 0 Å². The predicted molar refractivity (Wildman–Crippen MR) is 132 cm³/mol. The molecule has 7 heteroatoms. The zero-order valence-corrected chi connectivity index (χ0v) is 20.7. The summed E-state index contributed by atoms with van der Waals surface area (Å²) in [4.78, 5) is 18.9. The largest absolute Gasteiger partial charge is 0.358 e. The third-order valence-electron chi connectivity index (χ3n) is 6.92. The molecular formula is C26H33N3O3S. The number of sulfonamides is 1. The number of aromatic nitrogens is 1. The predicted octanol–water partition coefficient (Wildman–Crippen LogP) is 4.84. The lowest BCUT2D eigenvalue weighted by Gasteiger charge is -2.33. The molecule has 0 radical (unpaired) electrons. The van der Waals surface area contributed by atoms with E-state index in [2.05, 4.69) is 30.1 Å². The number of nitrogens with one attached hydrogen (secondary N) is 1. The topological polar surface area (TPSA) is 73.5 Å². The number of hydrogen-bond acceptors (Lipinski definition) is 3. The van der Waals surface area contributed by atoms with Gasteiger partial charge in [-0.3, -0.25) is 4.79 Å². The molecule has 2 aromatic carbocycles. The van der Waals surface area contributed by atoms with Crippen molar-refractivity contribution in [1.29, 1.82) is 0 Å². The number of carbonyl (C=O) groups is 1. The van der Waals surface area contributed by atoms with Gasteiger partial charge in [0.05, 0.1) is 4.90 Å². The maximum atomic E-state index is 13.4. The molecule has 1 amide bonds. The Morgan fingerprint density at radius 1 is 1.06 bits per heavy atom. The summed E-state index contributed by atoms with van der Waals surface area (Å²) in [6, 6.07) is 13.3. The lowest BCUT2D eigenvalue weighted by Crippen LogP contribution is -2.38. The minimum atomic E-state index is -3.61. The van der Waals surface area contributed by atoms with Crippen LogP contribution in [0.25, 0.3) is 10.9 Å². The number of rotatable bonds is 6. The third kappa shape index (κ3) is 4.32. The summed E-state index contributed by atoms with van der Waals surface area (Å²) in [5.74, 6) is 0.318. The maximum absolute atomic E-state index is 13.4. The Bertz CT molecular complexity index is 1270. The van der Waals surface area contributed by atoms with Crippen LogP contribution < -0.4 is 0 Å². The van der Waals surface area contributed by atoms with E-state index in [1.165, 1.54) is 20.9 Å². The van der Waals surface area contributed by atoms with E-state index in [1.54, 1.807) is 18.2 Å². The van der Waals surface area contributed by atoms with Crippen molar-refractivity contribution in [3.8, 4) is 0 Å². The molecule has 0 atom stereocenters. The van der Waals surface area contributed by atoms with Gasteiger partial charge in [-0.15, -0.1) is 0 Å². The number of para-hydroxylation sites is 1. The van der Waals surface area contributed by atoms with Crippen LogP contribution in [0.2, 0.25) is 0 Å². The number of nitrogens with zero attached hydrogens (tertiary/aromatic N) is 2. The first kappa shape index (κ1) is 23.5. The Morgan fingerprint density at radius 3 is 2.39 bits per heavy atom. The zero-order valence-electron chi connectivity index (χ0n) is 19.9. The molecule has 1 aliphatic heterocycles. The van der Waals surface area contributed by atoms with Gasteiger partial charge >= 0.3 is 0 Å². The summed E-state index contributed by atoms with van der Waals surface area (Å²) >= 11 is 0. The van der Waals surface area contributed by atoms with Crippen LogP contribution in [0.3, 0.4) is 0 Å². The standard InChI is InChI=1S/C26H33N3O3S/c1-5-29(6-2)33(31,32)21-12-11-18(3)23(17-21)26(30)28-15-13-20(14-16-28)25-19(4)27-24-10-8-7-9-22(24)25/h7-12,17,20,27H,5-6,13-16H2,1-4H3. The molecule has 4 rings (SSSR count). The average Bonchev–Trinajstić information content (AvgIpc) is 3.15. The number of carbonyl (C=O) groups excluding carboxylic acids is 1. The number of hydrogen-bond donors (Lipinski definition) is 1. The second-order valence-corrected chi connectivity index (χ2v) is 10.8. The van der Waals surface area contributed by atoms with E-state index in [1.807, 2.05) is 31.7 Å². The van der Waals surface area contributed by atoms with Crippen molar-refractivity contribution in [3.05, 3.63) is 64.8 Å². The summed E-state index contributed by atoms with van der Waals surface area (Å²) in [6.45, 7) is 9.75. The minimum absolute atomic E-state index is 0.0850. The van der Waals surface area contributed by atoms with Crippen molar-refractivity contribution in [3.63, 3.8) is 0 Å². The highest BCUT2D eigenvalue weighted by Crippen LogP contribution is 2.36. The normalized spacial score (nSPS) is 15.5. The average molecular weight is 468 g/mol. The van der Waals surface area contributed by atoms with Gasteiger partial charge in [-0.25, -0.2) is 8.42 Å². The van der Waals surface area contributed by atoms with Crippen molar-refractivity contribution in [2.75, 3.05) is 26.2 Å². The number of benzene rings is 2. The van der Waals surface area contributed by atoms with Crippen LogP contribution in [0.5, 0.6) is 0 Å². The SMILES string of the molecule is CCN(CC)S(=O)(=O)c1ccc(C)c(C(=O)N2CCC(c3c(C)[nH]c4ccccc34)CC2)c1. The quantitative estimate of drug-likeness (QED) is 0.564. The first-order valence-electron chi connectivity index (χ1n) is 11.7. The van der Waals surface area contributed by atoms with Gasteiger partial charge in [-0.2, -0.15) is 4.31 Å². The lowest BCUT2D eigenvalue weighted by atomic mass is 9.87. The molecule has 176 valence electrons. The first-order valence-corrected chi connectivity index (χ1v) is 13.2. The van der Waals surface area contributed by atoms with E-state index in [-0.39, 0.29) is 10.8 Å². The van der Waals surface area contributed by atoms with Crippen LogP contribution in [0.15, 0.2) is 47.4 Å². The molecule has 0 saturated carbocycles. The first-order chi connectivity index (χ1) is 15.8. The van der Waals surface area contributed by atoms with Crippen LogP contribution in [-0.2, 0) is 10.0 Å². The smallest absolute Gasteiger partial charge is 0.254 e. The number of aryl methyl sites for hydroxylation is 2. The summed E-state index contributed by atoms with van der Waals surface area (Å²) < 4.78 is 27.4. The van der Waals surface area contributed by atoms with Crippen molar-refractivity contribution < 1.29 is 13.2 Å². The number of piperidine rings is 1. The van der Waals surface area contributed by atoms with E-state index in [0.29, 0.717) is 37.7 Å². The molecule has 0 unspecified atom stereocenters. The second kappa shape index (κ2) is 9.31. The number of aromatic amines is 1. The van der Waals surface area contributed by atoms with Gasteiger partial charge < -0.3 is 9.88 Å². The molecule has 2 heterocycles. The molecule has 6 nitrogen and oxygen atoms in total. The van der Waals surface area contributed by atoms with Gasteiger partial charge in [0.1, 0.15) is 0 Å². The van der Waals surface area contributed by atoms with Gasteiger partial charge in [-0.1, -0.05) is 38.1 Å². The van der Waals surface area contributed by atoms with E-state index in [0.717, 1.165) is 23.9 Å². The summed E-state index contributed by atoms with van der Waals surface area (Å²) in [6.07, 6.45) is 1.79. The molecule has 1 fully saturated rings. The molecule has 1 aliphatic rings. The summed E-state index contributed by atoms with van der Waals surface area (Å²) in [5.41, 5.74) is 5.00. The van der Waals surface area contributed by atoms with Crippen molar-refractivity contribution in [1.82, 2.24) is 14.2 Å². The molecule has 0 spiro atoms. The fourth-order valence-corrected chi connectivity index (χ4v) is 6.56. The summed E-state index contributed by atoms with van der Waals surface area (Å²) in [5, 5.41) is 1.27. The van der Waals surface area contributed by atoms with E-state index in [4.69, 9.17) is 0 Å². The van der Waals surface area contributed by atoms with Crippen molar-refractivity contribution in [2.24, 2.45) is 0 Å².